The van der Waals surface area contributed by atoms with E-state index in [1.807, 2.05) is 4.90 Å². The van der Waals surface area contributed by atoms with E-state index in [2.05, 4.69) is 4.72 Å². The lowest BCUT2D eigenvalue weighted by Crippen LogP contribution is -2.57. The van der Waals surface area contributed by atoms with E-state index in [1.54, 1.807) is 0 Å². The second-order valence-electron chi connectivity index (χ2n) is 7.33. The molecule has 0 atom stereocenters. The summed E-state index contributed by atoms with van der Waals surface area (Å²) in [6.45, 7) is 1.11. The van der Waals surface area contributed by atoms with Crippen LogP contribution in [0.4, 0.5) is 0 Å². The molecule has 2 N–H and O–H groups in total. The Bertz CT molecular complexity index is 550. The second-order valence-corrected chi connectivity index (χ2v) is 9.43. The summed E-state index contributed by atoms with van der Waals surface area (Å²) in [5.41, 5.74) is 0. The number of carboxylic acid groups (broad SMARTS) is 1. The van der Waals surface area contributed by atoms with Gasteiger partial charge in [-0.05, 0) is 44.4 Å². The van der Waals surface area contributed by atoms with Gasteiger partial charge in [-0.1, -0.05) is 0 Å². The number of aliphatic carboxylic acids is 1. The van der Waals surface area contributed by atoms with Gasteiger partial charge >= 0.3 is 5.97 Å². The molecule has 3 aliphatic carbocycles. The van der Waals surface area contributed by atoms with Gasteiger partial charge in [-0.15, -0.1) is 0 Å². The highest BCUT2D eigenvalue weighted by atomic mass is 32.2. The Morgan fingerprint density at radius 3 is 2.48 bits per heavy atom. The molecule has 0 aromatic carbocycles. The van der Waals surface area contributed by atoms with Crippen LogP contribution in [0, 0.1) is 5.92 Å². The molecule has 0 aromatic rings. The first-order valence-electron chi connectivity index (χ1n) is 8.32. The Hall–Kier alpha value is -0.700. The average Bonchev–Trinajstić information content (AvgIpc) is 3.28. The molecule has 0 bridgehead atoms. The highest BCUT2D eigenvalue weighted by Crippen LogP contribution is 2.44. The van der Waals surface area contributed by atoms with Crippen molar-refractivity contribution in [1.29, 1.82) is 0 Å². The first-order chi connectivity index (χ1) is 10.9. The van der Waals surface area contributed by atoms with Crippen LogP contribution >= 0.6 is 0 Å². The minimum absolute atomic E-state index is 0.0499. The number of ether oxygens (including phenoxy) is 1. The highest BCUT2D eigenvalue weighted by molar-refractivity contribution is 7.91. The van der Waals surface area contributed by atoms with Crippen LogP contribution in [0.25, 0.3) is 0 Å². The van der Waals surface area contributed by atoms with E-state index in [0.717, 1.165) is 6.54 Å². The second kappa shape index (κ2) is 6.31. The summed E-state index contributed by atoms with van der Waals surface area (Å²) >= 11 is 0. The number of carboxylic acids is 1. The van der Waals surface area contributed by atoms with Gasteiger partial charge in [-0.2, -0.15) is 0 Å². The van der Waals surface area contributed by atoms with E-state index in [1.165, 1.54) is 20.0 Å². The van der Waals surface area contributed by atoms with Crippen LogP contribution in [0.1, 0.15) is 38.5 Å². The molecular formula is C15H26N2O5S. The standard InChI is InChI=1S/C15H26N2O5S/c1-22-10-15(4-5-15)23(20,21)16-12-6-13(7-12)17(9-14(18)19)8-11-2-3-11/h11-13,16H,2-10H2,1H3,(H,18,19). The summed E-state index contributed by atoms with van der Waals surface area (Å²) in [4.78, 5) is 13.0. The summed E-state index contributed by atoms with van der Waals surface area (Å²) in [5, 5.41) is 9.04. The lowest BCUT2D eigenvalue weighted by atomic mass is 9.86. The molecule has 8 heteroatoms. The van der Waals surface area contributed by atoms with Gasteiger partial charge in [0.2, 0.25) is 10.0 Å². The minimum atomic E-state index is -3.36. The number of methoxy groups -OCH3 is 1. The van der Waals surface area contributed by atoms with Crippen LogP contribution in [0.5, 0.6) is 0 Å². The van der Waals surface area contributed by atoms with Gasteiger partial charge in [0.25, 0.3) is 0 Å². The Morgan fingerprint density at radius 2 is 2.00 bits per heavy atom. The molecule has 3 rings (SSSR count). The van der Waals surface area contributed by atoms with Gasteiger partial charge in [0.15, 0.2) is 0 Å². The molecule has 0 unspecified atom stereocenters. The SMILES string of the molecule is COCC1(S(=O)(=O)NC2CC(N(CC(=O)O)CC3CC3)C2)CC1. The highest BCUT2D eigenvalue weighted by Gasteiger charge is 2.56. The van der Waals surface area contributed by atoms with E-state index in [4.69, 9.17) is 9.84 Å². The van der Waals surface area contributed by atoms with Gasteiger partial charge in [0, 0.05) is 25.7 Å². The van der Waals surface area contributed by atoms with Crippen LogP contribution in [-0.2, 0) is 19.6 Å². The topological polar surface area (TPSA) is 95.9 Å². The molecular weight excluding hydrogens is 320 g/mol. The smallest absolute Gasteiger partial charge is 0.317 e. The molecule has 0 aliphatic heterocycles. The van der Waals surface area contributed by atoms with Crippen LogP contribution in [0.15, 0.2) is 0 Å². The molecule has 0 heterocycles. The zero-order chi connectivity index (χ0) is 16.7. The molecule has 0 saturated heterocycles. The van der Waals surface area contributed by atoms with Crippen molar-refractivity contribution in [3.8, 4) is 0 Å². The number of nitrogens with zero attached hydrogens (tertiary/aromatic N) is 1. The zero-order valence-corrected chi connectivity index (χ0v) is 14.3. The van der Waals surface area contributed by atoms with Gasteiger partial charge in [-0.3, -0.25) is 9.69 Å². The number of hydrogen-bond donors (Lipinski definition) is 2. The molecule has 3 saturated carbocycles. The molecule has 0 spiro atoms. The van der Waals surface area contributed by atoms with Crippen LogP contribution in [0.2, 0.25) is 0 Å². The maximum Gasteiger partial charge on any atom is 0.317 e. The van der Waals surface area contributed by atoms with Crippen LogP contribution in [0.3, 0.4) is 0 Å². The van der Waals surface area contributed by atoms with Crippen molar-refractivity contribution in [3.05, 3.63) is 0 Å². The van der Waals surface area contributed by atoms with E-state index in [-0.39, 0.29) is 25.2 Å². The van der Waals surface area contributed by atoms with Crippen molar-refractivity contribution >= 4 is 16.0 Å². The first kappa shape index (κ1) is 17.1. The molecule has 0 aromatic heterocycles. The Kier molecular flexibility index (Phi) is 4.70. The zero-order valence-electron chi connectivity index (χ0n) is 13.5. The summed E-state index contributed by atoms with van der Waals surface area (Å²) in [6, 6.07) is 0.104. The maximum atomic E-state index is 12.5. The molecule has 132 valence electrons. The predicted octanol–water partition coefficient (Wildman–Crippen LogP) is 0.412. The fourth-order valence-corrected chi connectivity index (χ4v) is 5.16. The molecule has 0 radical (unpaired) electrons. The van der Waals surface area contributed by atoms with Crippen LogP contribution < -0.4 is 4.72 Å². The normalized spacial score (nSPS) is 29.3. The minimum Gasteiger partial charge on any atom is -0.480 e. The van der Waals surface area contributed by atoms with Gasteiger partial charge < -0.3 is 9.84 Å². The maximum absolute atomic E-state index is 12.5. The average molecular weight is 346 g/mol. The molecule has 23 heavy (non-hydrogen) atoms. The lowest BCUT2D eigenvalue weighted by molar-refractivity contribution is -0.139. The van der Waals surface area contributed by atoms with Gasteiger partial charge in [0.1, 0.15) is 4.75 Å². The Morgan fingerprint density at radius 1 is 1.35 bits per heavy atom. The summed E-state index contributed by atoms with van der Waals surface area (Å²) in [5.74, 6) is -0.187. The van der Waals surface area contributed by atoms with Crippen molar-refractivity contribution in [3.63, 3.8) is 0 Å². The Labute approximate surface area is 137 Å². The summed E-state index contributed by atoms with van der Waals surface area (Å²) < 4.78 is 32.0. The fourth-order valence-electron chi connectivity index (χ4n) is 3.37. The van der Waals surface area contributed by atoms with Crippen molar-refractivity contribution in [2.75, 3.05) is 26.8 Å². The van der Waals surface area contributed by atoms with E-state index in [0.29, 0.717) is 31.6 Å². The molecule has 3 aliphatic rings. The third-order valence-electron chi connectivity index (χ3n) is 5.26. The van der Waals surface area contributed by atoms with E-state index < -0.39 is 20.7 Å². The van der Waals surface area contributed by atoms with E-state index in [9.17, 15) is 13.2 Å². The molecule has 7 nitrogen and oxygen atoms in total. The van der Waals surface area contributed by atoms with E-state index >= 15 is 0 Å². The van der Waals surface area contributed by atoms with Crippen molar-refractivity contribution in [2.24, 2.45) is 5.92 Å². The van der Waals surface area contributed by atoms with Gasteiger partial charge in [0.05, 0.1) is 13.2 Å². The number of sulfonamides is 1. The number of carbonyl (C=O) groups is 1. The molecule has 0 amide bonds. The largest absolute Gasteiger partial charge is 0.480 e. The van der Waals surface area contributed by atoms with Crippen molar-refractivity contribution in [2.45, 2.75) is 55.4 Å². The number of rotatable bonds is 10. The third kappa shape index (κ3) is 3.87. The fraction of sp³-hybridized carbons (Fsp3) is 0.933. The third-order valence-corrected chi connectivity index (χ3v) is 7.57. The first-order valence-corrected chi connectivity index (χ1v) is 9.80. The number of nitrogens with one attached hydrogen (secondary N) is 1. The quantitative estimate of drug-likeness (QED) is 0.595. The summed E-state index contributed by atoms with van der Waals surface area (Å²) in [7, 11) is -1.84. The Balaban J connectivity index is 1.50. The molecule has 3 fully saturated rings. The summed E-state index contributed by atoms with van der Waals surface area (Å²) in [6.07, 6.45) is 5.06. The predicted molar refractivity (Wildman–Crippen MR) is 84.6 cm³/mol. The van der Waals surface area contributed by atoms with Gasteiger partial charge in [-0.25, -0.2) is 13.1 Å². The van der Waals surface area contributed by atoms with Crippen LogP contribution in [-0.4, -0.2) is 68.0 Å². The lowest BCUT2D eigenvalue weighted by Gasteiger charge is -2.43. The van der Waals surface area contributed by atoms with Crippen molar-refractivity contribution < 1.29 is 23.1 Å². The monoisotopic (exact) mass is 346 g/mol. The number of hydrogen-bond acceptors (Lipinski definition) is 5. The van der Waals surface area contributed by atoms with Crippen molar-refractivity contribution in [1.82, 2.24) is 9.62 Å².